The molecule has 0 aliphatic rings. The van der Waals surface area contributed by atoms with Gasteiger partial charge in [-0.15, -0.1) is 11.3 Å². The van der Waals surface area contributed by atoms with Gasteiger partial charge in [0.2, 0.25) is 0 Å². The van der Waals surface area contributed by atoms with Gasteiger partial charge in [0.1, 0.15) is 4.99 Å². The molecule has 1 aromatic carbocycles. The Hall–Kier alpha value is -1.39. The van der Waals surface area contributed by atoms with E-state index < -0.39 is 0 Å². The summed E-state index contributed by atoms with van der Waals surface area (Å²) in [7, 11) is 0. The first-order valence-corrected chi connectivity index (χ1v) is 6.98. The zero-order valence-corrected chi connectivity index (χ0v) is 12.1. The molecule has 0 bridgehead atoms. The molecule has 0 aliphatic heterocycles. The summed E-state index contributed by atoms with van der Waals surface area (Å²) < 4.78 is 0. The van der Waals surface area contributed by atoms with Crippen LogP contribution in [0.2, 0.25) is 0 Å². The molecule has 18 heavy (non-hydrogen) atoms. The van der Waals surface area contributed by atoms with Gasteiger partial charge in [-0.3, -0.25) is 0 Å². The normalized spacial score (nSPS) is 10.3. The van der Waals surface area contributed by atoms with Crippen LogP contribution >= 0.6 is 23.6 Å². The average Bonchev–Trinajstić information content (AvgIpc) is 2.73. The number of anilines is 1. The van der Waals surface area contributed by atoms with Crippen LogP contribution < -0.4 is 11.1 Å². The molecule has 2 aromatic rings. The van der Waals surface area contributed by atoms with Gasteiger partial charge >= 0.3 is 0 Å². The van der Waals surface area contributed by atoms with Gasteiger partial charge in [-0.05, 0) is 38.1 Å². The Morgan fingerprint density at radius 3 is 2.67 bits per heavy atom. The summed E-state index contributed by atoms with van der Waals surface area (Å²) in [6.07, 6.45) is 0. The zero-order chi connectivity index (χ0) is 13.1. The second kappa shape index (κ2) is 5.50. The van der Waals surface area contributed by atoms with E-state index in [2.05, 4.69) is 30.4 Å². The SMILES string of the molecule is Cc1ccc(NCc2ccc(C)s2)c(C(N)=S)c1. The number of nitrogens with two attached hydrogens (primary N) is 1. The van der Waals surface area contributed by atoms with Gasteiger partial charge in [-0.1, -0.05) is 23.8 Å². The van der Waals surface area contributed by atoms with Crippen LogP contribution in [-0.4, -0.2) is 4.99 Å². The maximum atomic E-state index is 5.75. The lowest BCUT2D eigenvalue weighted by atomic mass is 10.1. The van der Waals surface area contributed by atoms with E-state index >= 15 is 0 Å². The Labute approximate surface area is 117 Å². The smallest absolute Gasteiger partial charge is 0.106 e. The number of benzene rings is 1. The van der Waals surface area contributed by atoms with E-state index in [1.807, 2.05) is 19.1 Å². The third-order valence-corrected chi connectivity index (χ3v) is 3.91. The molecule has 1 aromatic heterocycles. The quantitative estimate of drug-likeness (QED) is 0.838. The Morgan fingerprint density at radius 1 is 1.28 bits per heavy atom. The van der Waals surface area contributed by atoms with Crippen LogP contribution in [-0.2, 0) is 6.54 Å². The van der Waals surface area contributed by atoms with Gasteiger partial charge in [-0.2, -0.15) is 0 Å². The van der Waals surface area contributed by atoms with Crippen molar-refractivity contribution in [3.05, 3.63) is 51.2 Å². The Morgan fingerprint density at radius 2 is 2.06 bits per heavy atom. The molecule has 0 atom stereocenters. The van der Waals surface area contributed by atoms with Crippen molar-refractivity contribution in [3.63, 3.8) is 0 Å². The average molecular weight is 276 g/mol. The number of hydrogen-bond donors (Lipinski definition) is 2. The van der Waals surface area contributed by atoms with Gasteiger partial charge in [0, 0.05) is 27.5 Å². The van der Waals surface area contributed by atoms with Crippen LogP contribution in [0.4, 0.5) is 5.69 Å². The Bertz CT molecular complexity index is 573. The summed E-state index contributed by atoms with van der Waals surface area (Å²) in [6, 6.07) is 10.4. The number of nitrogens with one attached hydrogen (secondary N) is 1. The third kappa shape index (κ3) is 3.09. The second-order valence-electron chi connectivity index (χ2n) is 4.28. The third-order valence-electron chi connectivity index (χ3n) is 2.69. The lowest BCUT2D eigenvalue weighted by Crippen LogP contribution is -2.13. The van der Waals surface area contributed by atoms with Crippen molar-refractivity contribution in [1.29, 1.82) is 0 Å². The molecular formula is C14H16N2S2. The maximum Gasteiger partial charge on any atom is 0.106 e. The van der Waals surface area contributed by atoms with Gasteiger partial charge in [0.05, 0.1) is 0 Å². The minimum absolute atomic E-state index is 0.434. The molecule has 0 spiro atoms. The molecule has 0 aliphatic carbocycles. The summed E-state index contributed by atoms with van der Waals surface area (Å²) in [5.74, 6) is 0. The van der Waals surface area contributed by atoms with Gasteiger partial charge in [-0.25, -0.2) is 0 Å². The topological polar surface area (TPSA) is 38.0 Å². The van der Waals surface area contributed by atoms with Crippen molar-refractivity contribution >= 4 is 34.2 Å². The first-order valence-electron chi connectivity index (χ1n) is 5.76. The molecule has 0 radical (unpaired) electrons. The maximum absolute atomic E-state index is 5.75. The molecule has 2 rings (SSSR count). The fourth-order valence-electron chi connectivity index (χ4n) is 1.78. The van der Waals surface area contributed by atoms with Crippen molar-refractivity contribution in [3.8, 4) is 0 Å². The first kappa shape index (κ1) is 13.1. The van der Waals surface area contributed by atoms with Crippen LogP contribution in [0, 0.1) is 13.8 Å². The van der Waals surface area contributed by atoms with E-state index in [-0.39, 0.29) is 0 Å². The molecular weight excluding hydrogens is 260 g/mol. The summed E-state index contributed by atoms with van der Waals surface area (Å²) in [5, 5.41) is 3.39. The lowest BCUT2D eigenvalue weighted by Gasteiger charge is -2.11. The van der Waals surface area contributed by atoms with Gasteiger partial charge < -0.3 is 11.1 Å². The minimum atomic E-state index is 0.434. The molecule has 94 valence electrons. The van der Waals surface area contributed by atoms with Crippen LogP contribution in [0.1, 0.15) is 20.9 Å². The van der Waals surface area contributed by atoms with Gasteiger partial charge in [0.25, 0.3) is 0 Å². The summed E-state index contributed by atoms with van der Waals surface area (Å²) in [4.78, 5) is 3.07. The molecule has 1 heterocycles. The highest BCUT2D eigenvalue weighted by Gasteiger charge is 2.05. The van der Waals surface area contributed by atoms with Crippen LogP contribution in [0.15, 0.2) is 30.3 Å². The number of rotatable bonds is 4. The number of aryl methyl sites for hydroxylation is 2. The van der Waals surface area contributed by atoms with E-state index in [1.165, 1.54) is 9.75 Å². The lowest BCUT2D eigenvalue weighted by molar-refractivity contribution is 1.19. The standard InChI is InChI=1S/C14H16N2S2/c1-9-3-6-13(12(7-9)14(15)17)16-8-11-5-4-10(2)18-11/h3-7,16H,8H2,1-2H3,(H2,15,17). The molecule has 4 heteroatoms. The predicted octanol–water partition coefficient (Wildman–Crippen LogP) is 3.61. The largest absolute Gasteiger partial charge is 0.389 e. The van der Waals surface area contributed by atoms with Crippen LogP contribution in [0.5, 0.6) is 0 Å². The number of thiophene rings is 1. The molecule has 2 nitrogen and oxygen atoms in total. The molecule has 0 fully saturated rings. The van der Waals surface area contributed by atoms with Crippen molar-refractivity contribution in [2.75, 3.05) is 5.32 Å². The number of hydrogen-bond acceptors (Lipinski definition) is 3. The highest BCUT2D eigenvalue weighted by Crippen LogP contribution is 2.20. The van der Waals surface area contributed by atoms with E-state index in [4.69, 9.17) is 18.0 Å². The van der Waals surface area contributed by atoms with Crippen molar-refractivity contribution in [1.82, 2.24) is 0 Å². The molecule has 0 saturated carbocycles. The second-order valence-corrected chi connectivity index (χ2v) is 6.09. The van der Waals surface area contributed by atoms with Crippen molar-refractivity contribution in [2.24, 2.45) is 5.73 Å². The fourth-order valence-corrected chi connectivity index (χ4v) is 2.78. The molecule has 0 amide bonds. The first-order chi connectivity index (χ1) is 8.56. The highest BCUT2D eigenvalue weighted by molar-refractivity contribution is 7.80. The monoisotopic (exact) mass is 276 g/mol. The van der Waals surface area contributed by atoms with E-state index in [0.29, 0.717) is 4.99 Å². The zero-order valence-electron chi connectivity index (χ0n) is 10.5. The van der Waals surface area contributed by atoms with Crippen LogP contribution in [0.3, 0.4) is 0 Å². The molecule has 3 N–H and O–H groups in total. The summed E-state index contributed by atoms with van der Waals surface area (Å²) in [5.41, 5.74) is 8.83. The van der Waals surface area contributed by atoms with Crippen molar-refractivity contribution < 1.29 is 0 Å². The predicted molar refractivity (Wildman–Crippen MR) is 83.4 cm³/mol. The van der Waals surface area contributed by atoms with E-state index in [9.17, 15) is 0 Å². The molecule has 0 unspecified atom stereocenters. The van der Waals surface area contributed by atoms with Crippen molar-refractivity contribution in [2.45, 2.75) is 20.4 Å². The fraction of sp³-hybridized carbons (Fsp3) is 0.214. The number of thiocarbonyl (C=S) groups is 1. The molecule has 0 saturated heterocycles. The van der Waals surface area contributed by atoms with Crippen LogP contribution in [0.25, 0.3) is 0 Å². The van der Waals surface area contributed by atoms with Gasteiger partial charge in [0.15, 0.2) is 0 Å². The summed E-state index contributed by atoms with van der Waals surface area (Å²) >= 11 is 6.88. The minimum Gasteiger partial charge on any atom is -0.389 e. The van der Waals surface area contributed by atoms with E-state index in [1.54, 1.807) is 11.3 Å². The van der Waals surface area contributed by atoms with E-state index in [0.717, 1.165) is 23.4 Å². The Balaban J connectivity index is 2.16. The Kier molecular flexibility index (Phi) is 3.99. The highest BCUT2D eigenvalue weighted by atomic mass is 32.1. The summed E-state index contributed by atoms with van der Waals surface area (Å²) in [6.45, 7) is 4.95.